The van der Waals surface area contributed by atoms with Gasteiger partial charge in [0.1, 0.15) is 0 Å². The quantitative estimate of drug-likeness (QED) is 0.658. The van der Waals surface area contributed by atoms with Gasteiger partial charge in [0, 0.05) is 12.6 Å². The third-order valence-electron chi connectivity index (χ3n) is 3.94. The van der Waals surface area contributed by atoms with Gasteiger partial charge in [0.05, 0.1) is 0 Å². The van der Waals surface area contributed by atoms with Crippen LogP contribution in [0.25, 0.3) is 10.8 Å². The first-order valence-electron chi connectivity index (χ1n) is 7.45. The summed E-state index contributed by atoms with van der Waals surface area (Å²) in [5.74, 6) is 0. The highest BCUT2D eigenvalue weighted by Gasteiger charge is 2.16. The van der Waals surface area contributed by atoms with Gasteiger partial charge in [0.25, 0.3) is 0 Å². The van der Waals surface area contributed by atoms with Gasteiger partial charge in [-0.25, -0.2) is 0 Å². The van der Waals surface area contributed by atoms with Crippen LogP contribution in [0.1, 0.15) is 25.8 Å². The summed E-state index contributed by atoms with van der Waals surface area (Å²) in [7, 11) is 2.17. The first kappa shape index (κ1) is 15.5. The van der Waals surface area contributed by atoms with Crippen molar-refractivity contribution in [2.45, 2.75) is 32.9 Å². The van der Waals surface area contributed by atoms with E-state index in [1.54, 1.807) is 0 Å². The smallest absolute Gasteiger partial charge is 0.0339 e. The summed E-state index contributed by atoms with van der Waals surface area (Å²) in [4.78, 5) is 2.37. The molecule has 0 spiro atoms. The molecule has 1 unspecified atom stereocenters. The molecule has 0 aromatic heterocycles. The van der Waals surface area contributed by atoms with Gasteiger partial charge < -0.3 is 0 Å². The molecule has 1 nitrogen and oxygen atoms in total. The molecule has 0 aliphatic carbocycles. The minimum atomic E-state index is 0.349. The van der Waals surface area contributed by atoms with E-state index in [0.717, 1.165) is 13.0 Å². The van der Waals surface area contributed by atoms with Gasteiger partial charge in [-0.1, -0.05) is 60.2 Å². The highest BCUT2D eigenvalue weighted by Crippen LogP contribution is 2.23. The second-order valence-electron chi connectivity index (χ2n) is 6.08. The number of likely N-dealkylation sites (N-methyl/N-ethyl adjacent to an activating group) is 1. The Bertz CT molecular complexity index is 648. The minimum absolute atomic E-state index is 0.349. The first-order chi connectivity index (χ1) is 9.99. The Kier molecular flexibility index (Phi) is 4.98. The van der Waals surface area contributed by atoms with Gasteiger partial charge in [0.2, 0.25) is 0 Å². The van der Waals surface area contributed by atoms with Gasteiger partial charge >= 0.3 is 0 Å². The van der Waals surface area contributed by atoms with E-state index >= 15 is 0 Å². The van der Waals surface area contributed by atoms with Crippen molar-refractivity contribution in [1.29, 1.82) is 0 Å². The third-order valence-corrected chi connectivity index (χ3v) is 3.94. The molecule has 0 fully saturated rings. The van der Waals surface area contributed by atoms with E-state index in [2.05, 4.69) is 81.4 Å². The maximum absolute atomic E-state index is 4.15. The van der Waals surface area contributed by atoms with Crippen LogP contribution in [0.5, 0.6) is 0 Å². The molecule has 1 atom stereocenters. The van der Waals surface area contributed by atoms with E-state index in [4.69, 9.17) is 0 Å². The average molecular weight is 279 g/mol. The molecule has 2 aromatic rings. The normalized spacial score (nSPS) is 12.6. The molecule has 1 heteroatoms. The molecule has 0 amide bonds. The third kappa shape index (κ3) is 3.83. The molecule has 2 aromatic carbocycles. The van der Waals surface area contributed by atoms with Crippen LogP contribution in [0.15, 0.2) is 66.8 Å². The summed E-state index contributed by atoms with van der Waals surface area (Å²) in [6.45, 7) is 13.3. The number of hydrogen-bond acceptors (Lipinski definition) is 1. The Morgan fingerprint density at radius 1 is 1.05 bits per heavy atom. The summed E-state index contributed by atoms with van der Waals surface area (Å²) >= 11 is 0. The fourth-order valence-corrected chi connectivity index (χ4v) is 2.85. The zero-order chi connectivity index (χ0) is 15.4. The molecule has 0 aliphatic heterocycles. The topological polar surface area (TPSA) is 3.24 Å². The van der Waals surface area contributed by atoms with Crippen LogP contribution in [0.3, 0.4) is 0 Å². The van der Waals surface area contributed by atoms with Gasteiger partial charge in [-0.15, -0.1) is 6.58 Å². The zero-order valence-corrected chi connectivity index (χ0v) is 13.4. The minimum Gasteiger partial charge on any atom is -0.295 e. The molecule has 0 saturated carbocycles. The van der Waals surface area contributed by atoms with Gasteiger partial charge in [-0.3, -0.25) is 4.90 Å². The van der Waals surface area contributed by atoms with E-state index in [1.165, 1.54) is 27.5 Å². The molecular formula is C20H25N. The second-order valence-corrected chi connectivity index (χ2v) is 6.08. The van der Waals surface area contributed by atoms with Crippen LogP contribution in [-0.2, 0) is 6.54 Å². The lowest BCUT2D eigenvalue weighted by Crippen LogP contribution is -2.32. The maximum Gasteiger partial charge on any atom is 0.0339 e. The van der Waals surface area contributed by atoms with E-state index < -0.39 is 0 Å². The fourth-order valence-electron chi connectivity index (χ4n) is 2.85. The average Bonchev–Trinajstić information content (AvgIpc) is 2.44. The standard InChI is InChI=1S/C20H25N/c1-15(2)13-20(16(3)4)21(5)14-18-11-8-10-17-9-6-7-12-19(17)18/h6-12,20H,1,3,13-14H2,2,4-5H3. The van der Waals surface area contributed by atoms with E-state index in [1.807, 2.05) is 0 Å². The first-order valence-corrected chi connectivity index (χ1v) is 7.45. The predicted molar refractivity (Wildman–Crippen MR) is 93.4 cm³/mol. The van der Waals surface area contributed by atoms with Gasteiger partial charge in [-0.05, 0) is 43.7 Å². The summed E-state index contributed by atoms with van der Waals surface area (Å²) in [5, 5.41) is 2.64. The van der Waals surface area contributed by atoms with E-state index in [-0.39, 0.29) is 0 Å². The maximum atomic E-state index is 4.15. The van der Waals surface area contributed by atoms with E-state index in [0.29, 0.717) is 6.04 Å². The van der Waals surface area contributed by atoms with Crippen LogP contribution in [0, 0.1) is 0 Å². The molecule has 0 heterocycles. The van der Waals surface area contributed by atoms with Gasteiger partial charge in [-0.2, -0.15) is 0 Å². The van der Waals surface area contributed by atoms with Crippen molar-refractivity contribution >= 4 is 10.8 Å². The Morgan fingerprint density at radius 2 is 1.71 bits per heavy atom. The molecule has 110 valence electrons. The van der Waals surface area contributed by atoms with Crippen molar-refractivity contribution in [2.24, 2.45) is 0 Å². The molecule has 0 aliphatic rings. The second kappa shape index (κ2) is 6.73. The van der Waals surface area contributed by atoms with Crippen molar-refractivity contribution in [1.82, 2.24) is 4.90 Å². The largest absolute Gasteiger partial charge is 0.295 e. The van der Waals surface area contributed by atoms with Crippen LogP contribution in [0.4, 0.5) is 0 Å². The molecule has 21 heavy (non-hydrogen) atoms. The number of nitrogens with zero attached hydrogens (tertiary/aromatic N) is 1. The van der Waals surface area contributed by atoms with E-state index in [9.17, 15) is 0 Å². The SMILES string of the molecule is C=C(C)CC(C(=C)C)N(C)Cc1cccc2ccccc12. The molecule has 0 radical (unpaired) electrons. The van der Waals surface area contributed by atoms with Crippen LogP contribution in [0.2, 0.25) is 0 Å². The Morgan fingerprint density at radius 3 is 2.38 bits per heavy atom. The van der Waals surface area contributed by atoms with Crippen molar-refractivity contribution in [3.05, 3.63) is 72.3 Å². The lowest BCUT2D eigenvalue weighted by Gasteiger charge is -2.29. The lowest BCUT2D eigenvalue weighted by atomic mass is 9.99. The summed E-state index contributed by atoms with van der Waals surface area (Å²) in [5.41, 5.74) is 3.76. The molecular weight excluding hydrogens is 254 g/mol. The molecule has 0 N–H and O–H groups in total. The predicted octanol–water partition coefficient (Wildman–Crippen LogP) is 5.18. The highest BCUT2D eigenvalue weighted by molar-refractivity contribution is 5.85. The number of rotatable bonds is 6. The van der Waals surface area contributed by atoms with Crippen LogP contribution in [-0.4, -0.2) is 18.0 Å². The highest BCUT2D eigenvalue weighted by atomic mass is 15.1. The lowest BCUT2D eigenvalue weighted by molar-refractivity contribution is 0.262. The van der Waals surface area contributed by atoms with Crippen LogP contribution >= 0.6 is 0 Å². The number of benzene rings is 2. The number of fused-ring (bicyclic) bond motifs is 1. The monoisotopic (exact) mass is 279 g/mol. The fraction of sp³-hybridized carbons (Fsp3) is 0.300. The molecule has 2 rings (SSSR count). The van der Waals surface area contributed by atoms with Crippen molar-refractivity contribution in [3.8, 4) is 0 Å². The summed E-state index contributed by atoms with van der Waals surface area (Å²) in [6, 6.07) is 15.4. The van der Waals surface area contributed by atoms with Crippen molar-refractivity contribution < 1.29 is 0 Å². The zero-order valence-electron chi connectivity index (χ0n) is 13.4. The summed E-state index contributed by atoms with van der Waals surface area (Å²) in [6.07, 6.45) is 0.969. The Hall–Kier alpha value is -1.86. The van der Waals surface area contributed by atoms with Crippen LogP contribution < -0.4 is 0 Å². The molecule has 0 saturated heterocycles. The van der Waals surface area contributed by atoms with Crippen molar-refractivity contribution in [2.75, 3.05) is 7.05 Å². The molecule has 0 bridgehead atoms. The summed E-state index contributed by atoms with van der Waals surface area (Å²) < 4.78 is 0. The Balaban J connectivity index is 2.26. The number of hydrogen-bond donors (Lipinski definition) is 0. The van der Waals surface area contributed by atoms with Gasteiger partial charge in [0.15, 0.2) is 0 Å². The van der Waals surface area contributed by atoms with Crippen molar-refractivity contribution in [3.63, 3.8) is 0 Å². The Labute approximate surface area is 128 Å².